The van der Waals surface area contributed by atoms with Crippen LogP contribution in [0.4, 0.5) is 16.2 Å². The molecule has 0 aliphatic rings. The summed E-state index contributed by atoms with van der Waals surface area (Å²) in [4.78, 5) is 16.1. The molecule has 1 heterocycles. The topological polar surface area (TPSA) is 75.4 Å². The Balaban J connectivity index is 1.60. The van der Waals surface area contributed by atoms with Crippen molar-refractivity contribution in [3.63, 3.8) is 0 Å². The van der Waals surface area contributed by atoms with Gasteiger partial charge in [0.15, 0.2) is 0 Å². The van der Waals surface area contributed by atoms with Crippen molar-refractivity contribution in [1.29, 1.82) is 0 Å². The van der Waals surface area contributed by atoms with E-state index in [0.717, 1.165) is 22.2 Å². The van der Waals surface area contributed by atoms with E-state index in [0.29, 0.717) is 27.9 Å². The van der Waals surface area contributed by atoms with Crippen LogP contribution < -0.4 is 20.1 Å². The Bertz CT molecular complexity index is 1190. The van der Waals surface area contributed by atoms with Gasteiger partial charge in [0.1, 0.15) is 11.5 Å². The number of fused-ring (bicyclic) bond motifs is 1. The lowest BCUT2D eigenvalue weighted by Crippen LogP contribution is -2.20. The molecule has 4 rings (SSSR count). The van der Waals surface area contributed by atoms with Crippen molar-refractivity contribution in [1.82, 2.24) is 4.98 Å². The minimum Gasteiger partial charge on any atom is -0.495 e. The molecule has 0 unspecified atom stereocenters. The number of halogens is 1. The van der Waals surface area contributed by atoms with Gasteiger partial charge in [-0.1, -0.05) is 48.0 Å². The van der Waals surface area contributed by atoms with E-state index in [1.165, 1.54) is 14.2 Å². The van der Waals surface area contributed by atoms with Gasteiger partial charge in [-0.05, 0) is 24.3 Å². The Labute approximate surface area is 178 Å². The summed E-state index contributed by atoms with van der Waals surface area (Å²) >= 11 is 6.19. The van der Waals surface area contributed by atoms with E-state index < -0.39 is 6.03 Å². The van der Waals surface area contributed by atoms with Gasteiger partial charge in [0.05, 0.1) is 30.6 Å². The van der Waals surface area contributed by atoms with Crippen molar-refractivity contribution < 1.29 is 14.3 Å². The lowest BCUT2D eigenvalue weighted by Gasteiger charge is -2.15. The molecule has 3 N–H and O–H groups in total. The quantitative estimate of drug-likeness (QED) is 0.361. The van der Waals surface area contributed by atoms with Crippen LogP contribution in [0.1, 0.15) is 0 Å². The predicted molar refractivity (Wildman–Crippen MR) is 121 cm³/mol. The molecule has 7 heteroatoms. The Morgan fingerprint density at radius 2 is 1.57 bits per heavy atom. The monoisotopic (exact) mass is 421 g/mol. The molecule has 1 aromatic heterocycles. The highest BCUT2D eigenvalue weighted by Gasteiger charge is 2.14. The number of amides is 2. The average molecular weight is 422 g/mol. The zero-order chi connectivity index (χ0) is 21.1. The van der Waals surface area contributed by atoms with Gasteiger partial charge >= 0.3 is 6.03 Å². The molecule has 6 nitrogen and oxygen atoms in total. The summed E-state index contributed by atoms with van der Waals surface area (Å²) in [6.45, 7) is 0. The summed E-state index contributed by atoms with van der Waals surface area (Å²) < 4.78 is 10.5. The van der Waals surface area contributed by atoms with Crippen LogP contribution in [-0.4, -0.2) is 25.2 Å². The Hall–Kier alpha value is -3.64. The molecule has 0 aliphatic carbocycles. The van der Waals surface area contributed by atoms with Crippen LogP contribution in [0.5, 0.6) is 11.5 Å². The summed E-state index contributed by atoms with van der Waals surface area (Å²) in [6.07, 6.45) is 0. The number of H-pyrrole nitrogens is 1. The van der Waals surface area contributed by atoms with Crippen LogP contribution in [0.2, 0.25) is 5.02 Å². The maximum atomic E-state index is 12.7. The summed E-state index contributed by atoms with van der Waals surface area (Å²) in [6, 6.07) is 20.5. The number of anilines is 2. The zero-order valence-electron chi connectivity index (χ0n) is 16.5. The van der Waals surface area contributed by atoms with E-state index in [4.69, 9.17) is 21.1 Å². The third-order valence-corrected chi connectivity index (χ3v) is 5.01. The smallest absolute Gasteiger partial charge is 0.323 e. The number of urea groups is 1. The van der Waals surface area contributed by atoms with Crippen LogP contribution >= 0.6 is 11.6 Å². The Kier molecular flexibility index (Phi) is 5.50. The number of carbonyl (C=O) groups is 1. The fraction of sp³-hybridized carbons (Fsp3) is 0.0870. The number of carbonyl (C=O) groups excluding carboxylic acids is 1. The van der Waals surface area contributed by atoms with Gasteiger partial charge in [-0.15, -0.1) is 0 Å². The van der Waals surface area contributed by atoms with Crippen molar-refractivity contribution >= 4 is 39.9 Å². The van der Waals surface area contributed by atoms with Crippen LogP contribution in [0, 0.1) is 0 Å². The second kappa shape index (κ2) is 8.39. The van der Waals surface area contributed by atoms with Crippen molar-refractivity contribution in [3.8, 4) is 22.8 Å². The zero-order valence-corrected chi connectivity index (χ0v) is 17.2. The summed E-state index contributed by atoms with van der Waals surface area (Å²) in [5.74, 6) is 0.902. The highest BCUT2D eigenvalue weighted by molar-refractivity contribution is 6.32. The highest BCUT2D eigenvalue weighted by Crippen LogP contribution is 2.36. The van der Waals surface area contributed by atoms with Gasteiger partial charge in [-0.25, -0.2) is 4.79 Å². The van der Waals surface area contributed by atoms with Gasteiger partial charge in [0.25, 0.3) is 0 Å². The lowest BCUT2D eigenvalue weighted by molar-refractivity contribution is 0.262. The molecule has 30 heavy (non-hydrogen) atoms. The molecule has 0 saturated heterocycles. The minimum absolute atomic E-state index is 0.368. The molecule has 0 aliphatic heterocycles. The maximum Gasteiger partial charge on any atom is 0.323 e. The van der Waals surface area contributed by atoms with Gasteiger partial charge in [-0.2, -0.15) is 0 Å². The van der Waals surface area contributed by atoms with E-state index in [1.807, 2.05) is 48.5 Å². The summed E-state index contributed by atoms with van der Waals surface area (Å²) in [5, 5.41) is 7.15. The van der Waals surface area contributed by atoms with Gasteiger partial charge in [0, 0.05) is 28.2 Å². The molecule has 0 fully saturated rings. The normalized spacial score (nSPS) is 10.6. The van der Waals surface area contributed by atoms with Crippen LogP contribution in [-0.2, 0) is 0 Å². The molecular formula is C23H20ClN3O3. The summed E-state index contributed by atoms with van der Waals surface area (Å²) in [5.41, 5.74) is 3.93. The molecule has 152 valence electrons. The van der Waals surface area contributed by atoms with Gasteiger partial charge in [0.2, 0.25) is 0 Å². The second-order valence-electron chi connectivity index (χ2n) is 6.58. The number of hydrogen-bond donors (Lipinski definition) is 3. The molecule has 0 saturated carbocycles. The molecule has 2 amide bonds. The number of hydrogen-bond acceptors (Lipinski definition) is 3. The average Bonchev–Trinajstić information content (AvgIpc) is 3.18. The van der Waals surface area contributed by atoms with Gasteiger partial charge < -0.3 is 25.1 Å². The number of rotatable bonds is 5. The third-order valence-electron chi connectivity index (χ3n) is 4.72. The fourth-order valence-corrected chi connectivity index (χ4v) is 3.52. The van der Waals surface area contributed by atoms with Crippen molar-refractivity contribution in [2.24, 2.45) is 0 Å². The number of para-hydroxylation sites is 2. The SMILES string of the molecule is COc1cc(OC)c(NC(=O)Nc2ccccc2-c2cc3ccccc3[nH]2)cc1Cl. The minimum atomic E-state index is -0.418. The first kappa shape index (κ1) is 19.7. The van der Waals surface area contributed by atoms with Crippen LogP contribution in [0.3, 0.4) is 0 Å². The number of methoxy groups -OCH3 is 2. The van der Waals surface area contributed by atoms with E-state index in [2.05, 4.69) is 21.7 Å². The molecule has 0 bridgehead atoms. The van der Waals surface area contributed by atoms with Crippen LogP contribution in [0.25, 0.3) is 22.2 Å². The fourth-order valence-electron chi connectivity index (χ4n) is 3.28. The lowest BCUT2D eigenvalue weighted by atomic mass is 10.1. The van der Waals surface area contributed by atoms with E-state index in [9.17, 15) is 4.79 Å². The summed E-state index contributed by atoms with van der Waals surface area (Å²) in [7, 11) is 3.03. The first-order valence-electron chi connectivity index (χ1n) is 9.25. The largest absolute Gasteiger partial charge is 0.495 e. The van der Waals surface area contributed by atoms with E-state index in [-0.39, 0.29) is 0 Å². The number of aromatic nitrogens is 1. The first-order chi connectivity index (χ1) is 14.6. The number of nitrogens with one attached hydrogen (secondary N) is 3. The molecule has 0 radical (unpaired) electrons. The van der Waals surface area contributed by atoms with E-state index >= 15 is 0 Å². The molecular weight excluding hydrogens is 402 g/mol. The molecule has 0 spiro atoms. The first-order valence-corrected chi connectivity index (χ1v) is 9.63. The standard InChI is InChI=1S/C23H20ClN3O3/c1-29-21-13-22(30-2)20(12-16(21)24)27-23(28)26-18-10-6-4-8-15(18)19-11-14-7-3-5-9-17(14)25-19/h3-13,25H,1-2H3,(H2,26,27,28). The highest BCUT2D eigenvalue weighted by atomic mass is 35.5. The van der Waals surface area contributed by atoms with Crippen molar-refractivity contribution in [2.45, 2.75) is 0 Å². The predicted octanol–water partition coefficient (Wildman–Crippen LogP) is 6.15. The van der Waals surface area contributed by atoms with Crippen molar-refractivity contribution in [3.05, 3.63) is 71.8 Å². The van der Waals surface area contributed by atoms with Crippen LogP contribution in [0.15, 0.2) is 66.7 Å². The number of benzene rings is 3. The van der Waals surface area contributed by atoms with E-state index in [1.54, 1.807) is 12.1 Å². The second-order valence-corrected chi connectivity index (χ2v) is 6.99. The third kappa shape index (κ3) is 3.90. The Morgan fingerprint density at radius 1 is 0.867 bits per heavy atom. The Morgan fingerprint density at radius 3 is 2.33 bits per heavy atom. The molecule has 0 atom stereocenters. The molecule has 3 aromatic carbocycles. The number of aromatic amines is 1. The van der Waals surface area contributed by atoms with Crippen molar-refractivity contribution in [2.75, 3.05) is 24.9 Å². The van der Waals surface area contributed by atoms with Gasteiger partial charge in [-0.3, -0.25) is 0 Å². The molecule has 4 aromatic rings. The number of ether oxygens (including phenoxy) is 2. The maximum absolute atomic E-state index is 12.7.